The van der Waals surface area contributed by atoms with Crippen molar-refractivity contribution in [3.8, 4) is 22.8 Å². The van der Waals surface area contributed by atoms with Gasteiger partial charge >= 0.3 is 0 Å². The minimum Gasteiger partial charge on any atom is -0.493 e. The van der Waals surface area contributed by atoms with Crippen LogP contribution >= 0.6 is 0 Å². The van der Waals surface area contributed by atoms with Gasteiger partial charge in [-0.05, 0) is 43.5 Å². The highest BCUT2D eigenvalue weighted by molar-refractivity contribution is 5.69. The summed E-state index contributed by atoms with van der Waals surface area (Å²) in [7, 11) is 0. The molecule has 112 valence electrons. The van der Waals surface area contributed by atoms with Gasteiger partial charge in [0.25, 0.3) is 0 Å². The lowest BCUT2D eigenvalue weighted by atomic mass is 10.0. The molecule has 0 saturated carbocycles. The molecule has 3 rings (SSSR count). The van der Waals surface area contributed by atoms with E-state index in [1.165, 1.54) is 0 Å². The Kier molecular flexibility index (Phi) is 3.72. The molecule has 0 aliphatic heterocycles. The molecule has 0 saturated heterocycles. The quantitative estimate of drug-likeness (QED) is 0.775. The van der Waals surface area contributed by atoms with E-state index in [0.29, 0.717) is 0 Å². The van der Waals surface area contributed by atoms with E-state index < -0.39 is 0 Å². The molecule has 2 aromatic carbocycles. The van der Waals surface area contributed by atoms with Crippen molar-refractivity contribution in [2.75, 3.05) is 0 Å². The van der Waals surface area contributed by atoms with Crippen molar-refractivity contribution in [1.82, 2.24) is 9.78 Å². The Hall–Kier alpha value is -2.55. The van der Waals surface area contributed by atoms with Gasteiger partial charge in [-0.25, -0.2) is 4.68 Å². The van der Waals surface area contributed by atoms with Crippen LogP contribution in [0.5, 0.6) is 5.88 Å². The second-order valence-corrected chi connectivity index (χ2v) is 5.57. The fraction of sp³-hybridized carbons (Fsp3) is 0.211. The molecule has 22 heavy (non-hydrogen) atoms. The van der Waals surface area contributed by atoms with Crippen LogP contribution in [0, 0.1) is 13.8 Å². The third kappa shape index (κ3) is 2.39. The van der Waals surface area contributed by atoms with E-state index in [9.17, 15) is 5.11 Å². The van der Waals surface area contributed by atoms with Crippen LogP contribution in [-0.2, 0) is 6.42 Å². The summed E-state index contributed by atoms with van der Waals surface area (Å²) in [6, 6.07) is 16.1. The summed E-state index contributed by atoms with van der Waals surface area (Å²) < 4.78 is 1.63. The predicted octanol–water partition coefficient (Wildman–Crippen LogP) is 4.42. The first-order valence-electron chi connectivity index (χ1n) is 7.55. The molecule has 0 amide bonds. The molecular formula is C19H20N2O. The smallest absolute Gasteiger partial charge is 0.218 e. The third-order valence-corrected chi connectivity index (χ3v) is 3.96. The van der Waals surface area contributed by atoms with Gasteiger partial charge in [0.05, 0.1) is 5.69 Å². The summed E-state index contributed by atoms with van der Waals surface area (Å²) in [4.78, 5) is 0. The SMILES string of the molecule is CCc1c(-c2ccccc2C)nn(-c2cccc(C)c2)c1O. The van der Waals surface area contributed by atoms with Gasteiger partial charge in [0, 0.05) is 11.1 Å². The first-order chi connectivity index (χ1) is 10.6. The molecule has 1 heterocycles. The van der Waals surface area contributed by atoms with Gasteiger partial charge in [0.2, 0.25) is 5.88 Å². The molecule has 0 atom stereocenters. The summed E-state index contributed by atoms with van der Waals surface area (Å²) >= 11 is 0. The Morgan fingerprint density at radius 1 is 1.05 bits per heavy atom. The average Bonchev–Trinajstić information content (AvgIpc) is 2.84. The Labute approximate surface area is 130 Å². The van der Waals surface area contributed by atoms with Crippen LogP contribution in [0.1, 0.15) is 23.6 Å². The minimum atomic E-state index is 0.228. The number of rotatable bonds is 3. The van der Waals surface area contributed by atoms with Crippen molar-refractivity contribution < 1.29 is 5.11 Å². The highest BCUT2D eigenvalue weighted by atomic mass is 16.3. The van der Waals surface area contributed by atoms with Crippen molar-refractivity contribution in [2.24, 2.45) is 0 Å². The average molecular weight is 292 g/mol. The monoisotopic (exact) mass is 292 g/mol. The first kappa shape index (κ1) is 14.4. The zero-order valence-corrected chi connectivity index (χ0v) is 13.2. The van der Waals surface area contributed by atoms with Gasteiger partial charge in [0.1, 0.15) is 5.69 Å². The summed E-state index contributed by atoms with van der Waals surface area (Å²) in [5, 5.41) is 15.3. The minimum absolute atomic E-state index is 0.228. The largest absolute Gasteiger partial charge is 0.493 e. The van der Waals surface area contributed by atoms with Gasteiger partial charge in [0.15, 0.2) is 0 Å². The Morgan fingerprint density at radius 2 is 1.82 bits per heavy atom. The molecule has 0 fully saturated rings. The summed E-state index contributed by atoms with van der Waals surface area (Å²) in [5.41, 5.74) is 6.00. The van der Waals surface area contributed by atoms with E-state index in [0.717, 1.165) is 40.1 Å². The lowest BCUT2D eigenvalue weighted by molar-refractivity contribution is 0.428. The number of hydrogen-bond acceptors (Lipinski definition) is 2. The topological polar surface area (TPSA) is 38.0 Å². The van der Waals surface area contributed by atoms with E-state index in [1.54, 1.807) is 4.68 Å². The zero-order chi connectivity index (χ0) is 15.7. The van der Waals surface area contributed by atoms with E-state index >= 15 is 0 Å². The van der Waals surface area contributed by atoms with Gasteiger partial charge in [-0.15, -0.1) is 0 Å². The molecule has 3 heteroatoms. The second-order valence-electron chi connectivity index (χ2n) is 5.57. The maximum Gasteiger partial charge on any atom is 0.218 e. The summed E-state index contributed by atoms with van der Waals surface area (Å²) in [6.07, 6.45) is 0.737. The Morgan fingerprint density at radius 3 is 2.50 bits per heavy atom. The molecule has 0 aliphatic rings. The standard InChI is InChI=1S/C19H20N2O/c1-4-16-18(17-11-6-5-9-14(17)3)20-21(19(16)22)15-10-7-8-13(2)12-15/h5-12,22H,4H2,1-3H3. The van der Waals surface area contributed by atoms with Crippen molar-refractivity contribution in [3.63, 3.8) is 0 Å². The fourth-order valence-electron chi connectivity index (χ4n) is 2.76. The van der Waals surface area contributed by atoms with E-state index in [-0.39, 0.29) is 5.88 Å². The molecule has 1 N–H and O–H groups in total. The fourth-order valence-corrected chi connectivity index (χ4v) is 2.76. The molecule has 3 nitrogen and oxygen atoms in total. The number of hydrogen-bond donors (Lipinski definition) is 1. The maximum atomic E-state index is 10.6. The third-order valence-electron chi connectivity index (χ3n) is 3.96. The molecule has 0 bridgehead atoms. The van der Waals surface area contributed by atoms with Crippen molar-refractivity contribution in [1.29, 1.82) is 0 Å². The zero-order valence-electron chi connectivity index (χ0n) is 13.2. The van der Waals surface area contributed by atoms with Crippen LogP contribution in [0.4, 0.5) is 0 Å². The Bertz CT molecular complexity index is 818. The van der Waals surface area contributed by atoms with E-state index in [1.807, 2.05) is 50.2 Å². The first-order valence-corrected chi connectivity index (χ1v) is 7.55. The molecule has 0 aliphatic carbocycles. The van der Waals surface area contributed by atoms with Crippen molar-refractivity contribution in [3.05, 3.63) is 65.2 Å². The number of nitrogens with zero attached hydrogens (tertiary/aromatic N) is 2. The van der Waals surface area contributed by atoms with Crippen LogP contribution in [-0.4, -0.2) is 14.9 Å². The maximum absolute atomic E-state index is 10.6. The van der Waals surface area contributed by atoms with Crippen LogP contribution in [0.25, 0.3) is 16.9 Å². The van der Waals surface area contributed by atoms with Crippen LogP contribution in [0.3, 0.4) is 0 Å². The molecule has 1 aromatic heterocycles. The number of aromatic hydroxyl groups is 1. The van der Waals surface area contributed by atoms with Gasteiger partial charge in [-0.3, -0.25) is 0 Å². The predicted molar refractivity (Wildman–Crippen MR) is 89.5 cm³/mol. The molecule has 3 aromatic rings. The molecular weight excluding hydrogens is 272 g/mol. The summed E-state index contributed by atoms with van der Waals surface area (Å²) in [5.74, 6) is 0.228. The highest BCUT2D eigenvalue weighted by Crippen LogP contribution is 2.33. The van der Waals surface area contributed by atoms with Gasteiger partial charge in [-0.2, -0.15) is 5.10 Å². The van der Waals surface area contributed by atoms with E-state index in [2.05, 4.69) is 24.2 Å². The highest BCUT2D eigenvalue weighted by Gasteiger charge is 2.19. The summed E-state index contributed by atoms with van der Waals surface area (Å²) in [6.45, 7) is 6.14. The van der Waals surface area contributed by atoms with Gasteiger partial charge < -0.3 is 5.11 Å². The lowest BCUT2D eigenvalue weighted by Gasteiger charge is -2.04. The van der Waals surface area contributed by atoms with Crippen molar-refractivity contribution in [2.45, 2.75) is 27.2 Å². The Balaban J connectivity index is 2.22. The van der Waals surface area contributed by atoms with Crippen LogP contribution in [0.2, 0.25) is 0 Å². The van der Waals surface area contributed by atoms with Gasteiger partial charge in [-0.1, -0.05) is 43.3 Å². The lowest BCUT2D eigenvalue weighted by Crippen LogP contribution is -1.96. The molecule has 0 spiro atoms. The molecule has 0 unspecified atom stereocenters. The number of aryl methyl sites for hydroxylation is 2. The van der Waals surface area contributed by atoms with E-state index in [4.69, 9.17) is 0 Å². The van der Waals surface area contributed by atoms with Crippen molar-refractivity contribution >= 4 is 0 Å². The van der Waals surface area contributed by atoms with Crippen LogP contribution in [0.15, 0.2) is 48.5 Å². The normalized spacial score (nSPS) is 10.9. The second kappa shape index (κ2) is 5.68. The van der Waals surface area contributed by atoms with Crippen LogP contribution < -0.4 is 0 Å². The molecule has 0 radical (unpaired) electrons. The number of aromatic nitrogens is 2. The number of benzene rings is 2.